The Morgan fingerprint density at radius 3 is 2.83 bits per heavy atom. The lowest BCUT2D eigenvalue weighted by Crippen LogP contribution is -2.38. The number of nitrogens with one attached hydrogen (secondary N) is 1. The van der Waals surface area contributed by atoms with Crippen molar-refractivity contribution in [2.24, 2.45) is 4.99 Å². The van der Waals surface area contributed by atoms with Crippen molar-refractivity contribution in [1.29, 1.82) is 0 Å². The molecule has 1 aromatic carbocycles. The Balaban J connectivity index is 0.00000192. The van der Waals surface area contributed by atoms with Gasteiger partial charge in [0.05, 0.1) is 6.54 Å². The van der Waals surface area contributed by atoms with Crippen molar-refractivity contribution in [2.75, 3.05) is 14.1 Å². The monoisotopic (exact) mass is 426 g/mol. The summed E-state index contributed by atoms with van der Waals surface area (Å²) in [7, 11) is 3.84. The number of guanidine groups is 1. The molecule has 7 heteroatoms. The van der Waals surface area contributed by atoms with Crippen molar-refractivity contribution in [3.63, 3.8) is 0 Å². The molecule has 1 aliphatic heterocycles. The Kier molecular flexibility index (Phi) is 6.37. The quantitative estimate of drug-likeness (QED) is 0.462. The van der Waals surface area contributed by atoms with Gasteiger partial charge in [-0.15, -0.1) is 34.2 Å². The van der Waals surface area contributed by atoms with Crippen LogP contribution in [0, 0.1) is 0 Å². The first-order valence-corrected chi connectivity index (χ1v) is 7.64. The second-order valence-corrected chi connectivity index (χ2v) is 5.53. The largest absolute Gasteiger partial charge is 0.349 e. The number of halogens is 1. The van der Waals surface area contributed by atoms with Gasteiger partial charge in [-0.05, 0) is 12.0 Å². The normalized spacial score (nSPS) is 13.4. The molecule has 23 heavy (non-hydrogen) atoms. The average molecular weight is 426 g/mol. The summed E-state index contributed by atoms with van der Waals surface area (Å²) in [5.41, 5.74) is 1.26. The molecule has 3 rings (SSSR count). The van der Waals surface area contributed by atoms with Crippen LogP contribution in [0.1, 0.15) is 23.6 Å². The predicted octanol–water partition coefficient (Wildman–Crippen LogP) is 2.05. The number of aromatic nitrogens is 3. The van der Waals surface area contributed by atoms with Gasteiger partial charge in [-0.1, -0.05) is 30.3 Å². The maximum Gasteiger partial charge on any atom is 0.194 e. The SMILES string of the molecule is CN=C(NCc1nnc2n1CCC2)N(C)Cc1ccccc1.I. The molecule has 6 nitrogen and oxygen atoms in total. The summed E-state index contributed by atoms with van der Waals surface area (Å²) in [5.74, 6) is 2.95. The number of nitrogens with zero attached hydrogens (tertiary/aromatic N) is 5. The summed E-state index contributed by atoms with van der Waals surface area (Å²) >= 11 is 0. The van der Waals surface area contributed by atoms with Crippen LogP contribution in [-0.4, -0.2) is 39.7 Å². The molecule has 124 valence electrons. The third kappa shape index (κ3) is 4.21. The van der Waals surface area contributed by atoms with Crippen molar-refractivity contribution >= 4 is 29.9 Å². The number of benzene rings is 1. The van der Waals surface area contributed by atoms with Crippen LogP contribution in [0.25, 0.3) is 0 Å². The second-order valence-electron chi connectivity index (χ2n) is 5.53. The fourth-order valence-corrected chi connectivity index (χ4v) is 2.82. The van der Waals surface area contributed by atoms with Gasteiger partial charge >= 0.3 is 0 Å². The molecule has 1 aliphatic rings. The van der Waals surface area contributed by atoms with Crippen molar-refractivity contribution in [3.8, 4) is 0 Å². The van der Waals surface area contributed by atoms with Crippen LogP contribution in [0.3, 0.4) is 0 Å². The number of fused-ring (bicyclic) bond motifs is 1. The number of aryl methyl sites for hydroxylation is 1. The van der Waals surface area contributed by atoms with Crippen LogP contribution in [0.2, 0.25) is 0 Å². The fraction of sp³-hybridized carbons (Fsp3) is 0.438. The molecule has 2 heterocycles. The Hall–Kier alpha value is -1.64. The van der Waals surface area contributed by atoms with E-state index in [1.54, 1.807) is 7.05 Å². The van der Waals surface area contributed by atoms with Gasteiger partial charge < -0.3 is 14.8 Å². The van der Waals surface area contributed by atoms with E-state index in [0.29, 0.717) is 6.54 Å². The fourth-order valence-electron chi connectivity index (χ4n) is 2.82. The van der Waals surface area contributed by atoms with Crippen molar-refractivity contribution in [3.05, 3.63) is 47.5 Å². The summed E-state index contributed by atoms with van der Waals surface area (Å²) in [6, 6.07) is 10.4. The topological polar surface area (TPSA) is 58.3 Å². The van der Waals surface area contributed by atoms with Crippen molar-refractivity contribution in [2.45, 2.75) is 32.5 Å². The molecular weight excluding hydrogens is 403 g/mol. The third-order valence-electron chi connectivity index (χ3n) is 3.93. The molecular formula is C16H23IN6. The lowest BCUT2D eigenvalue weighted by atomic mass is 10.2. The Morgan fingerprint density at radius 2 is 2.09 bits per heavy atom. The molecule has 0 atom stereocenters. The van der Waals surface area contributed by atoms with Gasteiger partial charge in [0.1, 0.15) is 5.82 Å². The Labute approximate surface area is 154 Å². The van der Waals surface area contributed by atoms with E-state index in [9.17, 15) is 0 Å². The highest BCUT2D eigenvalue weighted by Gasteiger charge is 2.17. The number of hydrogen-bond donors (Lipinski definition) is 1. The molecule has 0 aliphatic carbocycles. The standard InChI is InChI=1S/C16H22N6.HI/c1-17-16(21(2)12-13-7-4-3-5-8-13)18-11-15-20-19-14-9-6-10-22(14)15;/h3-5,7-8H,6,9-12H2,1-2H3,(H,17,18);1H. The molecule has 0 saturated heterocycles. The molecule has 2 aromatic rings. The summed E-state index contributed by atoms with van der Waals surface area (Å²) in [6.45, 7) is 2.50. The summed E-state index contributed by atoms with van der Waals surface area (Å²) in [5, 5.41) is 11.9. The van der Waals surface area contributed by atoms with E-state index in [1.165, 1.54) is 12.0 Å². The second kappa shape index (κ2) is 8.28. The van der Waals surface area contributed by atoms with Crippen LogP contribution >= 0.6 is 24.0 Å². The molecule has 0 fully saturated rings. The minimum absolute atomic E-state index is 0. The zero-order chi connectivity index (χ0) is 15.4. The molecule has 0 bridgehead atoms. The number of aliphatic imine (C=N–C) groups is 1. The lowest BCUT2D eigenvalue weighted by molar-refractivity contribution is 0.474. The molecule has 0 amide bonds. The van der Waals surface area contributed by atoms with Crippen molar-refractivity contribution in [1.82, 2.24) is 25.0 Å². The van der Waals surface area contributed by atoms with E-state index in [2.05, 4.69) is 54.2 Å². The first kappa shape index (κ1) is 17.7. The van der Waals surface area contributed by atoms with E-state index in [0.717, 1.165) is 37.1 Å². The average Bonchev–Trinajstić information content (AvgIpc) is 3.13. The summed E-state index contributed by atoms with van der Waals surface area (Å²) in [6.07, 6.45) is 2.20. The van der Waals surface area contributed by atoms with Gasteiger partial charge in [0.15, 0.2) is 11.8 Å². The predicted molar refractivity (Wildman–Crippen MR) is 102 cm³/mol. The first-order valence-electron chi connectivity index (χ1n) is 7.64. The minimum Gasteiger partial charge on any atom is -0.349 e. The van der Waals surface area contributed by atoms with Crippen molar-refractivity contribution < 1.29 is 0 Å². The minimum atomic E-state index is 0. The summed E-state index contributed by atoms with van der Waals surface area (Å²) in [4.78, 5) is 6.46. The summed E-state index contributed by atoms with van der Waals surface area (Å²) < 4.78 is 2.21. The van der Waals surface area contributed by atoms with Crippen LogP contribution < -0.4 is 5.32 Å². The Morgan fingerprint density at radius 1 is 1.30 bits per heavy atom. The van der Waals surface area contributed by atoms with Crippen LogP contribution in [0.5, 0.6) is 0 Å². The van der Waals surface area contributed by atoms with E-state index in [-0.39, 0.29) is 24.0 Å². The van der Waals surface area contributed by atoms with Crippen LogP contribution in [-0.2, 0) is 26.1 Å². The number of hydrogen-bond acceptors (Lipinski definition) is 3. The maximum atomic E-state index is 4.35. The van der Waals surface area contributed by atoms with Gasteiger partial charge in [-0.25, -0.2) is 0 Å². The van der Waals surface area contributed by atoms with E-state index >= 15 is 0 Å². The van der Waals surface area contributed by atoms with E-state index in [1.807, 2.05) is 13.1 Å². The lowest BCUT2D eigenvalue weighted by Gasteiger charge is -2.22. The van der Waals surface area contributed by atoms with Gasteiger partial charge in [-0.3, -0.25) is 4.99 Å². The zero-order valence-electron chi connectivity index (χ0n) is 13.6. The molecule has 0 saturated carbocycles. The van der Waals surface area contributed by atoms with Crippen LogP contribution in [0.4, 0.5) is 0 Å². The molecule has 0 unspecified atom stereocenters. The highest BCUT2D eigenvalue weighted by Crippen LogP contribution is 2.13. The van der Waals surface area contributed by atoms with Gasteiger partial charge in [0.25, 0.3) is 0 Å². The van der Waals surface area contributed by atoms with Gasteiger partial charge in [-0.2, -0.15) is 0 Å². The molecule has 0 radical (unpaired) electrons. The van der Waals surface area contributed by atoms with Crippen LogP contribution in [0.15, 0.2) is 35.3 Å². The molecule has 1 aromatic heterocycles. The maximum absolute atomic E-state index is 4.35. The zero-order valence-corrected chi connectivity index (χ0v) is 15.9. The smallest absolute Gasteiger partial charge is 0.194 e. The first-order chi connectivity index (χ1) is 10.8. The highest BCUT2D eigenvalue weighted by molar-refractivity contribution is 14.0. The molecule has 0 spiro atoms. The van der Waals surface area contributed by atoms with Gasteiger partial charge in [0.2, 0.25) is 0 Å². The van der Waals surface area contributed by atoms with E-state index < -0.39 is 0 Å². The molecule has 1 N–H and O–H groups in total. The highest BCUT2D eigenvalue weighted by atomic mass is 127. The van der Waals surface area contributed by atoms with E-state index in [4.69, 9.17) is 0 Å². The third-order valence-corrected chi connectivity index (χ3v) is 3.93. The number of rotatable bonds is 4. The Bertz CT molecular complexity index is 652. The van der Waals surface area contributed by atoms with Gasteiger partial charge in [0, 0.05) is 33.6 Å².